The van der Waals surface area contributed by atoms with Crippen molar-refractivity contribution >= 4 is 37.8 Å². The lowest BCUT2D eigenvalue weighted by molar-refractivity contribution is -0.143. The van der Waals surface area contributed by atoms with E-state index in [2.05, 4.69) is 21.0 Å². The maximum absolute atomic E-state index is 12.8. The van der Waals surface area contributed by atoms with Gasteiger partial charge in [0.05, 0.1) is 4.88 Å². The van der Waals surface area contributed by atoms with Gasteiger partial charge in [0.15, 0.2) is 5.13 Å². The molecular weight excluding hydrogens is 385 g/mol. The van der Waals surface area contributed by atoms with Crippen LogP contribution in [0, 0.1) is 6.20 Å². The number of hydrogen-bond acceptors (Lipinski definition) is 6. The van der Waals surface area contributed by atoms with Gasteiger partial charge in [-0.2, -0.15) is 18.3 Å². The van der Waals surface area contributed by atoms with Crippen LogP contribution in [-0.2, 0) is 23.2 Å². The fourth-order valence-corrected chi connectivity index (χ4v) is 4.85. The molecule has 3 aromatic heterocycles. The molecule has 0 fully saturated rings. The molecule has 6 nitrogen and oxygen atoms in total. The number of nitrogens with one attached hydrogen (secondary N) is 1. The van der Waals surface area contributed by atoms with Crippen LogP contribution >= 0.6 is 22.7 Å². The highest BCUT2D eigenvalue weighted by Gasteiger charge is 2.35. The molecule has 3 aromatic rings. The minimum Gasteiger partial charge on any atom is -0.263 e. The van der Waals surface area contributed by atoms with Crippen LogP contribution in [0.5, 0.6) is 0 Å². The van der Waals surface area contributed by atoms with Crippen molar-refractivity contribution in [3.8, 4) is 10.6 Å². The lowest BCUT2D eigenvalue weighted by atomic mass is 10.3. The molecule has 0 saturated heterocycles. The van der Waals surface area contributed by atoms with Gasteiger partial charge in [-0.1, -0.05) is 0 Å². The van der Waals surface area contributed by atoms with Gasteiger partial charge in [-0.05, 0) is 18.2 Å². The zero-order valence-corrected chi connectivity index (χ0v) is 14.3. The minimum atomic E-state index is -4.53. The van der Waals surface area contributed by atoms with Gasteiger partial charge in [-0.3, -0.25) is 9.40 Å². The Labute approximate surface area is 142 Å². The zero-order chi connectivity index (χ0) is 17.5. The van der Waals surface area contributed by atoms with Gasteiger partial charge >= 0.3 is 6.18 Å². The van der Waals surface area contributed by atoms with Gasteiger partial charge in [-0.25, -0.2) is 13.4 Å². The highest BCUT2D eigenvalue weighted by Crippen LogP contribution is 2.35. The third kappa shape index (κ3) is 3.30. The van der Waals surface area contributed by atoms with Crippen LogP contribution in [0.25, 0.3) is 10.6 Å². The Bertz CT molecular complexity index is 958. The van der Waals surface area contributed by atoms with E-state index in [1.807, 2.05) is 0 Å². The molecule has 0 bridgehead atoms. The van der Waals surface area contributed by atoms with Crippen molar-refractivity contribution < 1.29 is 21.6 Å². The summed E-state index contributed by atoms with van der Waals surface area (Å²) in [6, 6.07) is 3.60. The zero-order valence-electron chi connectivity index (χ0n) is 11.8. The van der Waals surface area contributed by atoms with E-state index >= 15 is 0 Å². The summed E-state index contributed by atoms with van der Waals surface area (Å²) in [5.74, 6) is 0. The molecule has 3 rings (SSSR count). The molecule has 12 heteroatoms. The predicted octanol–water partition coefficient (Wildman–Crippen LogP) is 3.22. The van der Waals surface area contributed by atoms with Crippen LogP contribution in [0.4, 0.5) is 18.3 Å². The Kier molecular flexibility index (Phi) is 4.13. The van der Waals surface area contributed by atoms with Crippen LogP contribution in [-0.4, -0.2) is 23.2 Å². The molecule has 0 spiro atoms. The molecule has 3 heterocycles. The molecule has 24 heavy (non-hydrogen) atoms. The average Bonchev–Trinajstić information content (AvgIpc) is 3.15. The van der Waals surface area contributed by atoms with E-state index < -0.39 is 21.9 Å². The second-order valence-electron chi connectivity index (χ2n) is 4.54. The first kappa shape index (κ1) is 16.9. The maximum Gasteiger partial charge on any atom is 0.433 e. The van der Waals surface area contributed by atoms with Crippen LogP contribution < -0.4 is 4.72 Å². The SMILES string of the molecule is Cn1nc(-c2ccc(S(=O)(=O)Nc3n[c]cs3)s2)cc1C(F)(F)F. The number of alkyl halides is 3. The average molecular weight is 393 g/mol. The van der Waals surface area contributed by atoms with Gasteiger partial charge in [0.25, 0.3) is 10.0 Å². The highest BCUT2D eigenvalue weighted by molar-refractivity contribution is 7.95. The summed E-state index contributed by atoms with van der Waals surface area (Å²) in [5, 5.41) is 5.44. The van der Waals surface area contributed by atoms with Gasteiger partial charge in [-0.15, -0.1) is 22.7 Å². The Morgan fingerprint density at radius 3 is 2.67 bits per heavy atom. The Hall–Kier alpha value is -1.92. The summed E-state index contributed by atoms with van der Waals surface area (Å²) in [4.78, 5) is 4.01. The number of sulfonamides is 1. The lowest BCUT2D eigenvalue weighted by Crippen LogP contribution is -2.11. The summed E-state index contributed by atoms with van der Waals surface area (Å²) in [5.41, 5.74) is -0.856. The molecule has 0 amide bonds. The van der Waals surface area contributed by atoms with E-state index in [4.69, 9.17) is 0 Å². The molecule has 0 aliphatic rings. The predicted molar refractivity (Wildman–Crippen MR) is 83.3 cm³/mol. The Morgan fingerprint density at radius 1 is 1.33 bits per heavy atom. The number of hydrogen-bond donors (Lipinski definition) is 1. The van der Waals surface area contributed by atoms with Gasteiger partial charge < -0.3 is 0 Å². The third-order valence-corrected chi connectivity index (χ3v) is 6.59. The molecule has 1 N–H and O–H groups in total. The molecule has 127 valence electrons. The fourth-order valence-electron chi connectivity index (χ4n) is 1.86. The van der Waals surface area contributed by atoms with Crippen molar-refractivity contribution in [2.75, 3.05) is 4.72 Å². The number of anilines is 1. The van der Waals surface area contributed by atoms with Crippen molar-refractivity contribution in [3.63, 3.8) is 0 Å². The Morgan fingerprint density at radius 2 is 2.08 bits per heavy atom. The number of halogens is 3. The first-order valence-corrected chi connectivity index (χ1v) is 9.40. The first-order valence-electron chi connectivity index (χ1n) is 6.22. The highest BCUT2D eigenvalue weighted by atomic mass is 32.2. The number of rotatable bonds is 4. The number of thiophene rings is 1. The number of aryl methyl sites for hydroxylation is 1. The monoisotopic (exact) mass is 393 g/mol. The molecule has 0 atom stereocenters. The van der Waals surface area contributed by atoms with Crippen molar-refractivity contribution in [2.24, 2.45) is 7.05 Å². The van der Waals surface area contributed by atoms with Crippen LogP contribution in [0.2, 0.25) is 0 Å². The standard InChI is InChI=1S/C12H8F3N4O2S3/c1-19-9(12(13,14)15)6-7(17-19)8-2-3-10(23-8)24(20,21)18-11-16-4-5-22-11/h2-3,5-6H,1H3,(H,16,18). The fraction of sp³-hybridized carbons (Fsp3) is 0.167. The quantitative estimate of drug-likeness (QED) is 0.738. The number of thiazole rings is 1. The molecule has 0 aromatic carbocycles. The van der Waals surface area contributed by atoms with Crippen LogP contribution in [0.1, 0.15) is 5.69 Å². The summed E-state index contributed by atoms with van der Waals surface area (Å²) in [6.07, 6.45) is -2.05. The van der Waals surface area contributed by atoms with E-state index in [1.54, 1.807) is 0 Å². The topological polar surface area (TPSA) is 76.9 Å². The smallest absolute Gasteiger partial charge is 0.263 e. The maximum atomic E-state index is 12.8. The van der Waals surface area contributed by atoms with E-state index in [0.29, 0.717) is 9.56 Å². The number of aromatic nitrogens is 3. The normalized spacial score (nSPS) is 12.5. The Balaban J connectivity index is 1.91. The minimum absolute atomic E-state index is 0.0492. The molecule has 1 radical (unpaired) electrons. The van der Waals surface area contributed by atoms with Crippen molar-refractivity contribution in [2.45, 2.75) is 10.4 Å². The second-order valence-corrected chi connectivity index (χ2v) is 8.39. The second kappa shape index (κ2) is 5.86. The van der Waals surface area contributed by atoms with Crippen molar-refractivity contribution in [1.29, 1.82) is 0 Å². The molecular formula is C12H8F3N4O2S3. The summed E-state index contributed by atoms with van der Waals surface area (Å²) >= 11 is 1.88. The largest absolute Gasteiger partial charge is 0.433 e. The van der Waals surface area contributed by atoms with Gasteiger partial charge in [0, 0.05) is 12.4 Å². The molecule has 0 saturated carbocycles. The number of nitrogens with zero attached hydrogens (tertiary/aromatic N) is 3. The van der Waals surface area contributed by atoms with Gasteiger partial charge in [0.2, 0.25) is 0 Å². The third-order valence-electron chi connectivity index (χ3n) is 2.88. The lowest BCUT2D eigenvalue weighted by Gasteiger charge is -2.04. The molecule has 0 aliphatic heterocycles. The summed E-state index contributed by atoms with van der Waals surface area (Å²) in [7, 11) is -2.68. The van der Waals surface area contributed by atoms with Crippen LogP contribution in [0.15, 0.2) is 27.8 Å². The van der Waals surface area contributed by atoms with Gasteiger partial charge in [0.1, 0.15) is 21.8 Å². The van der Waals surface area contributed by atoms with E-state index in [-0.39, 0.29) is 15.0 Å². The summed E-state index contributed by atoms with van der Waals surface area (Å²) < 4.78 is 65.8. The van der Waals surface area contributed by atoms with Crippen molar-refractivity contribution in [3.05, 3.63) is 35.5 Å². The van der Waals surface area contributed by atoms with E-state index in [1.165, 1.54) is 24.6 Å². The van der Waals surface area contributed by atoms with Crippen molar-refractivity contribution in [1.82, 2.24) is 14.8 Å². The molecule has 0 unspecified atom stereocenters. The summed E-state index contributed by atoms with van der Waals surface area (Å²) in [6.45, 7) is 0. The van der Waals surface area contributed by atoms with E-state index in [0.717, 1.165) is 28.7 Å². The van der Waals surface area contributed by atoms with E-state index in [9.17, 15) is 21.6 Å². The van der Waals surface area contributed by atoms with Crippen LogP contribution in [0.3, 0.4) is 0 Å². The molecule has 0 aliphatic carbocycles. The first-order chi connectivity index (χ1) is 11.2.